The molecule has 2 bridgehead atoms. The number of aliphatic imine (C=N–C) groups is 1. The quantitative estimate of drug-likeness (QED) is 0.0271. The largest absolute Gasteiger partial charge is 0.481 e. The summed E-state index contributed by atoms with van der Waals surface area (Å²) in [6.07, 6.45) is -4.80. The predicted molar refractivity (Wildman–Crippen MR) is 240 cm³/mol. The summed E-state index contributed by atoms with van der Waals surface area (Å²) in [4.78, 5) is 96.0. The molecule has 0 saturated carbocycles. The molecule has 70 heavy (non-hydrogen) atoms. The van der Waals surface area contributed by atoms with Gasteiger partial charge in [0.2, 0.25) is 29.5 Å². The number of rotatable bonds is 21. The molecule has 27 nitrogen and oxygen atoms in total. The molecular formula is C42H60FN15O12. The van der Waals surface area contributed by atoms with E-state index in [0.29, 0.717) is 12.1 Å². The van der Waals surface area contributed by atoms with Gasteiger partial charge in [-0.15, -0.1) is 10.2 Å². The number of ether oxygens (including phenoxy) is 1. The highest BCUT2D eigenvalue weighted by molar-refractivity contribution is 5.94. The number of hydrogen-bond acceptors (Lipinski definition) is 16. The van der Waals surface area contributed by atoms with Gasteiger partial charge in [-0.1, -0.05) is 40.8 Å². The average molecular weight is 986 g/mol. The van der Waals surface area contributed by atoms with Gasteiger partial charge < -0.3 is 68.5 Å². The number of hydrogen-bond donors (Lipinski definition) is 12. The number of guanidine groups is 1. The van der Waals surface area contributed by atoms with E-state index in [1.165, 1.54) is 21.8 Å². The molecule has 5 rings (SSSR count). The number of aryl methyl sites for hydroxylation is 1. The number of amides is 6. The number of nitrogens with zero attached hydrogens (tertiary/aromatic N) is 7. The van der Waals surface area contributed by atoms with Crippen molar-refractivity contribution in [3.8, 4) is 0 Å². The summed E-state index contributed by atoms with van der Waals surface area (Å²) in [6.45, 7) is -1.79. The summed E-state index contributed by atoms with van der Waals surface area (Å²) >= 11 is 0. The van der Waals surface area contributed by atoms with E-state index in [1.807, 2.05) is 0 Å². The van der Waals surface area contributed by atoms with Crippen molar-refractivity contribution in [3.63, 3.8) is 0 Å². The van der Waals surface area contributed by atoms with Gasteiger partial charge in [-0.05, 0) is 56.9 Å². The third-order valence-corrected chi connectivity index (χ3v) is 11.3. The van der Waals surface area contributed by atoms with Gasteiger partial charge in [0.1, 0.15) is 54.8 Å². The minimum absolute atomic E-state index is 0.00182. The van der Waals surface area contributed by atoms with Crippen LogP contribution in [-0.4, -0.2) is 173 Å². The lowest BCUT2D eigenvalue weighted by Crippen LogP contribution is -2.63. The minimum atomic E-state index is -1.85. The van der Waals surface area contributed by atoms with Crippen LogP contribution in [0.25, 0.3) is 0 Å². The summed E-state index contributed by atoms with van der Waals surface area (Å²) in [5, 5.41) is 73.1. The van der Waals surface area contributed by atoms with Gasteiger partial charge in [0.15, 0.2) is 12.1 Å². The Morgan fingerprint density at radius 1 is 0.843 bits per heavy atom. The fourth-order valence-electron chi connectivity index (χ4n) is 7.60. The predicted octanol–water partition coefficient (Wildman–Crippen LogP) is -4.71. The highest BCUT2D eigenvalue weighted by Crippen LogP contribution is 2.23. The zero-order valence-corrected chi connectivity index (χ0v) is 38.1. The topological polar surface area (TPSA) is 408 Å². The first-order valence-electron chi connectivity index (χ1n) is 22.6. The molecular weight excluding hydrogens is 926 g/mol. The number of aromatic nitrogens is 6. The average Bonchev–Trinajstić information content (AvgIpc) is 4.00. The van der Waals surface area contributed by atoms with Crippen molar-refractivity contribution in [2.45, 2.75) is 119 Å². The normalized spacial score (nSPS) is 24.3. The lowest BCUT2D eigenvalue weighted by atomic mass is 9.94. The van der Waals surface area contributed by atoms with Crippen molar-refractivity contribution in [1.82, 2.24) is 61.9 Å². The third-order valence-electron chi connectivity index (χ3n) is 11.3. The van der Waals surface area contributed by atoms with Gasteiger partial charge in [-0.2, -0.15) is 0 Å². The van der Waals surface area contributed by atoms with E-state index in [2.05, 4.69) is 57.5 Å². The number of carboxylic acids is 1. The molecule has 1 saturated heterocycles. The summed E-state index contributed by atoms with van der Waals surface area (Å²) < 4.78 is 20.7. The first-order chi connectivity index (χ1) is 33.5. The van der Waals surface area contributed by atoms with Crippen LogP contribution >= 0.6 is 0 Å². The van der Waals surface area contributed by atoms with Crippen LogP contribution in [0.2, 0.25) is 0 Å². The van der Waals surface area contributed by atoms with Crippen molar-refractivity contribution in [1.29, 1.82) is 0 Å². The molecule has 2 aliphatic rings. The van der Waals surface area contributed by atoms with Crippen LogP contribution in [0.1, 0.15) is 74.0 Å². The number of unbranched alkanes of at least 4 members (excludes halogenated alkanes) is 1. The number of fused-ring (bicyclic) bond motifs is 2. The molecule has 1 aromatic carbocycles. The molecule has 1 fully saturated rings. The Bertz CT molecular complexity index is 2280. The molecule has 3 aromatic rings. The van der Waals surface area contributed by atoms with E-state index >= 15 is 0 Å². The van der Waals surface area contributed by atoms with Gasteiger partial charge in [0.25, 0.3) is 5.91 Å². The standard InChI is InChI=1S/C42H60FN15O12/c43-13-6-10-24-20-57(55-53-24)22-32(60)48-18-30-34(63)35(64)36(65)37(70-30)41(69)46-14-5-4-12-29-40(68)51-25(11-7-15-47-42(44)45)38(66)49-19-31(59)50-27(17-33(61)62)39(67)52-26(28-21-58(29)56-54-28)16-23-8-2-1-3-9-23/h1-3,8-9,20-21,25-27,29-30,34-37,63-65H,4-7,10-19,22H2,(H,46,69)(H,48,60)(H,49,66)(H,50,59)(H,51,68)(H,52,67)(H,61,62)(H4,44,45,47)/t25-,26-,27-,29-,30?,34?,35?,36?,37?/m0/s1. The number of halogens is 1. The van der Waals surface area contributed by atoms with Gasteiger partial charge in [0, 0.05) is 25.8 Å². The summed E-state index contributed by atoms with van der Waals surface area (Å²) in [7, 11) is 0. The maximum atomic E-state index is 14.2. The Balaban J connectivity index is 1.28. The second kappa shape index (κ2) is 26.5. The third kappa shape index (κ3) is 16.2. The first kappa shape index (κ1) is 53.8. The van der Waals surface area contributed by atoms with Crippen LogP contribution in [0.3, 0.4) is 0 Å². The molecule has 382 valence electrons. The SMILES string of the molecule is NC(N)=NCCC[C@@H]1NC(=O)[C@H](CCCCNC(=O)C2OC(CNC(=O)Cn3cc(CCCF)nn3)C(O)C(O)C2O)n2cc(nn2)[C@H](Cc2ccccc2)NC(=O)[C@H](CC(=O)O)NC(=O)CNC1=O. The van der Waals surface area contributed by atoms with Gasteiger partial charge >= 0.3 is 5.97 Å². The number of aliphatic carboxylic acids is 1. The Morgan fingerprint density at radius 2 is 1.60 bits per heavy atom. The number of alkyl halides is 1. The minimum Gasteiger partial charge on any atom is -0.481 e. The number of nitrogens with two attached hydrogens (primary N) is 2. The number of carbonyl (C=O) groups excluding carboxylic acids is 6. The number of nitrogens with one attached hydrogen (secondary N) is 6. The second-order valence-corrected chi connectivity index (χ2v) is 16.7. The van der Waals surface area contributed by atoms with E-state index < -0.39 is 116 Å². The molecule has 2 aromatic heterocycles. The zero-order chi connectivity index (χ0) is 50.7. The molecule has 4 heterocycles. The lowest BCUT2D eigenvalue weighted by Gasteiger charge is -2.40. The highest BCUT2D eigenvalue weighted by atomic mass is 19.1. The zero-order valence-electron chi connectivity index (χ0n) is 38.1. The van der Waals surface area contributed by atoms with Crippen LogP contribution in [0.15, 0.2) is 47.7 Å². The van der Waals surface area contributed by atoms with Crippen molar-refractivity contribution in [3.05, 3.63) is 59.7 Å². The van der Waals surface area contributed by atoms with Crippen molar-refractivity contribution >= 4 is 47.4 Å². The Hall–Kier alpha value is -7.17. The summed E-state index contributed by atoms with van der Waals surface area (Å²) in [5.41, 5.74) is 12.3. The van der Waals surface area contributed by atoms with Crippen molar-refractivity contribution in [2.24, 2.45) is 16.5 Å². The van der Waals surface area contributed by atoms with Crippen molar-refractivity contribution in [2.75, 3.05) is 32.9 Å². The molecule has 5 unspecified atom stereocenters. The van der Waals surface area contributed by atoms with Crippen LogP contribution < -0.4 is 43.4 Å². The van der Waals surface area contributed by atoms with Gasteiger partial charge in [0.05, 0.1) is 37.6 Å². The number of carboxylic acid groups (broad SMARTS) is 1. The van der Waals surface area contributed by atoms with Crippen LogP contribution in [0.4, 0.5) is 4.39 Å². The molecule has 0 spiro atoms. The molecule has 9 atom stereocenters. The highest BCUT2D eigenvalue weighted by Gasteiger charge is 2.46. The van der Waals surface area contributed by atoms with Crippen LogP contribution in [0.5, 0.6) is 0 Å². The van der Waals surface area contributed by atoms with E-state index in [-0.39, 0.29) is 82.8 Å². The Morgan fingerprint density at radius 3 is 2.33 bits per heavy atom. The van der Waals surface area contributed by atoms with E-state index in [4.69, 9.17) is 16.2 Å². The van der Waals surface area contributed by atoms with Gasteiger partial charge in [-0.25, -0.2) is 9.36 Å². The molecule has 0 aliphatic carbocycles. The second-order valence-electron chi connectivity index (χ2n) is 16.7. The molecule has 0 radical (unpaired) electrons. The molecule has 2 aliphatic heterocycles. The maximum absolute atomic E-state index is 14.2. The van der Waals surface area contributed by atoms with Gasteiger partial charge in [-0.3, -0.25) is 42.9 Å². The molecule has 28 heteroatoms. The number of carbonyl (C=O) groups is 7. The fourth-order valence-corrected chi connectivity index (χ4v) is 7.60. The summed E-state index contributed by atoms with van der Waals surface area (Å²) in [5.74, 6) is -6.22. The Kier molecular flexibility index (Phi) is 20.4. The molecule has 6 amide bonds. The summed E-state index contributed by atoms with van der Waals surface area (Å²) in [6, 6.07) is 4.03. The van der Waals surface area contributed by atoms with E-state index in [0.717, 1.165) is 5.56 Å². The monoisotopic (exact) mass is 985 g/mol. The lowest BCUT2D eigenvalue weighted by molar-refractivity contribution is -0.219. The number of aliphatic hydroxyl groups excluding tert-OH is 3. The molecule has 14 N–H and O–H groups in total. The van der Waals surface area contributed by atoms with Crippen molar-refractivity contribution < 1.29 is 63.1 Å². The van der Waals surface area contributed by atoms with Crippen LogP contribution in [-0.2, 0) is 57.7 Å². The van der Waals surface area contributed by atoms with E-state index in [1.54, 1.807) is 30.3 Å². The number of aliphatic hydroxyl groups is 3. The smallest absolute Gasteiger partial charge is 0.305 e. The number of benzene rings is 1. The Labute approximate surface area is 399 Å². The fraction of sp³-hybridized carbons (Fsp3) is 0.571. The first-order valence-corrected chi connectivity index (χ1v) is 22.6. The van der Waals surface area contributed by atoms with E-state index in [9.17, 15) is 58.4 Å². The maximum Gasteiger partial charge on any atom is 0.305 e. The van der Waals surface area contributed by atoms with Crippen LogP contribution in [0, 0.1) is 0 Å².